The van der Waals surface area contributed by atoms with Gasteiger partial charge in [0.25, 0.3) is 0 Å². The minimum Gasteiger partial charge on any atom is -0.329 e. The molecule has 0 saturated heterocycles. The minimum absolute atomic E-state index is 0.877. The van der Waals surface area contributed by atoms with E-state index in [1.807, 2.05) is 23.9 Å². The van der Waals surface area contributed by atoms with Crippen LogP contribution in [0.5, 0.6) is 0 Å². The van der Waals surface area contributed by atoms with Crippen LogP contribution in [-0.4, -0.2) is 21.5 Å². The summed E-state index contributed by atoms with van der Waals surface area (Å²) in [5, 5.41) is 0. The Bertz CT molecular complexity index is 715. The molecule has 4 heteroatoms. The molecule has 0 fully saturated rings. The van der Waals surface area contributed by atoms with Gasteiger partial charge in [-0.3, -0.25) is 4.90 Å². The maximum absolute atomic E-state index is 4.32. The van der Waals surface area contributed by atoms with E-state index < -0.39 is 0 Å². The van der Waals surface area contributed by atoms with Gasteiger partial charge >= 0.3 is 0 Å². The fraction of sp³-hybridized carbons (Fsp3) is 0.278. The first-order chi connectivity index (χ1) is 10.7. The Labute approximate surface area is 135 Å². The smallest absolute Gasteiger partial charge is 0.0951 e. The Kier molecular flexibility index (Phi) is 4.71. The molecule has 0 aliphatic heterocycles. The van der Waals surface area contributed by atoms with E-state index >= 15 is 0 Å². The van der Waals surface area contributed by atoms with Gasteiger partial charge in [-0.25, -0.2) is 4.98 Å². The summed E-state index contributed by atoms with van der Waals surface area (Å²) in [7, 11) is 2.16. The molecule has 0 aliphatic carbocycles. The molecule has 0 saturated carbocycles. The second-order valence-corrected chi connectivity index (χ2v) is 7.06. The second kappa shape index (κ2) is 6.90. The van der Waals surface area contributed by atoms with Crippen molar-refractivity contribution in [1.82, 2.24) is 14.5 Å². The van der Waals surface area contributed by atoms with Crippen molar-refractivity contribution in [2.24, 2.45) is 0 Å². The summed E-state index contributed by atoms with van der Waals surface area (Å²) in [5.74, 6) is 0. The van der Waals surface area contributed by atoms with Crippen LogP contribution in [0.3, 0.4) is 0 Å². The number of nitrogens with zero attached hydrogens (tertiary/aromatic N) is 3. The first-order valence-electron chi connectivity index (χ1n) is 7.47. The van der Waals surface area contributed by atoms with Gasteiger partial charge < -0.3 is 4.57 Å². The predicted molar refractivity (Wildman–Crippen MR) is 92.0 cm³/mol. The predicted octanol–water partition coefficient (Wildman–Crippen LogP) is 3.93. The number of thiophene rings is 1. The molecule has 0 atom stereocenters. The number of imidazole rings is 1. The van der Waals surface area contributed by atoms with Crippen molar-refractivity contribution in [2.75, 3.05) is 7.05 Å². The third-order valence-electron chi connectivity index (χ3n) is 3.65. The molecule has 0 amide bonds. The number of hydrogen-bond donors (Lipinski definition) is 0. The van der Waals surface area contributed by atoms with E-state index in [0.29, 0.717) is 0 Å². The molecule has 3 nitrogen and oxygen atoms in total. The largest absolute Gasteiger partial charge is 0.329 e. The van der Waals surface area contributed by atoms with Crippen LogP contribution in [0.1, 0.15) is 21.0 Å². The number of aryl methyl sites for hydroxylation is 1. The molecule has 0 unspecified atom stereocenters. The number of hydrogen-bond acceptors (Lipinski definition) is 3. The minimum atomic E-state index is 0.877. The second-order valence-electron chi connectivity index (χ2n) is 5.68. The standard InChI is InChI=1S/C18H21N3S/c1-15-8-9-18(22-15)13-20(2)12-17-10-19-14-21(17)11-16-6-4-3-5-7-16/h3-10,14H,11-13H2,1-2H3. The molecule has 0 aliphatic rings. The lowest BCUT2D eigenvalue weighted by Crippen LogP contribution is -2.19. The van der Waals surface area contributed by atoms with E-state index in [-0.39, 0.29) is 0 Å². The maximum atomic E-state index is 4.32. The molecular weight excluding hydrogens is 290 g/mol. The molecule has 1 aromatic carbocycles. The van der Waals surface area contributed by atoms with E-state index in [9.17, 15) is 0 Å². The first-order valence-corrected chi connectivity index (χ1v) is 8.29. The van der Waals surface area contributed by atoms with Crippen molar-refractivity contribution in [1.29, 1.82) is 0 Å². The van der Waals surface area contributed by atoms with E-state index in [1.165, 1.54) is 21.0 Å². The monoisotopic (exact) mass is 311 g/mol. The van der Waals surface area contributed by atoms with Crippen molar-refractivity contribution >= 4 is 11.3 Å². The highest BCUT2D eigenvalue weighted by molar-refractivity contribution is 7.11. The molecule has 3 rings (SSSR count). The van der Waals surface area contributed by atoms with Gasteiger partial charge in [0.1, 0.15) is 0 Å². The Morgan fingerprint density at radius 3 is 2.64 bits per heavy atom. The van der Waals surface area contributed by atoms with Gasteiger partial charge in [-0.2, -0.15) is 0 Å². The van der Waals surface area contributed by atoms with E-state index in [2.05, 4.69) is 70.9 Å². The highest BCUT2D eigenvalue weighted by atomic mass is 32.1. The van der Waals surface area contributed by atoms with Crippen LogP contribution in [0, 0.1) is 6.92 Å². The van der Waals surface area contributed by atoms with Crippen LogP contribution in [0.25, 0.3) is 0 Å². The average Bonchev–Trinajstić information content (AvgIpc) is 3.10. The number of benzene rings is 1. The fourth-order valence-corrected chi connectivity index (χ4v) is 3.54. The van der Waals surface area contributed by atoms with Gasteiger partial charge in [0, 0.05) is 35.6 Å². The highest BCUT2D eigenvalue weighted by Gasteiger charge is 2.08. The molecule has 0 N–H and O–H groups in total. The van der Waals surface area contributed by atoms with Gasteiger partial charge in [-0.15, -0.1) is 11.3 Å². The Morgan fingerprint density at radius 2 is 1.91 bits per heavy atom. The Balaban J connectivity index is 1.64. The zero-order valence-electron chi connectivity index (χ0n) is 13.1. The summed E-state index contributed by atoms with van der Waals surface area (Å²) in [5.41, 5.74) is 2.55. The van der Waals surface area contributed by atoms with Crippen molar-refractivity contribution in [2.45, 2.75) is 26.6 Å². The van der Waals surface area contributed by atoms with Gasteiger partial charge in [-0.1, -0.05) is 30.3 Å². The molecule has 0 radical (unpaired) electrons. The van der Waals surface area contributed by atoms with Crippen LogP contribution >= 0.6 is 11.3 Å². The lowest BCUT2D eigenvalue weighted by molar-refractivity contribution is 0.313. The SMILES string of the molecule is Cc1ccc(CN(C)Cc2cncn2Cc2ccccc2)s1. The third-order valence-corrected chi connectivity index (χ3v) is 4.63. The third kappa shape index (κ3) is 3.84. The Morgan fingerprint density at radius 1 is 1.09 bits per heavy atom. The van der Waals surface area contributed by atoms with E-state index in [4.69, 9.17) is 0 Å². The van der Waals surface area contributed by atoms with Crippen LogP contribution in [-0.2, 0) is 19.6 Å². The molecule has 0 bridgehead atoms. The summed E-state index contributed by atoms with van der Waals surface area (Å²) in [6.45, 7) is 4.92. The zero-order chi connectivity index (χ0) is 15.4. The van der Waals surface area contributed by atoms with E-state index in [1.54, 1.807) is 0 Å². The van der Waals surface area contributed by atoms with Crippen molar-refractivity contribution in [3.8, 4) is 0 Å². The number of rotatable bonds is 6. The van der Waals surface area contributed by atoms with Crippen molar-refractivity contribution in [3.63, 3.8) is 0 Å². The lowest BCUT2D eigenvalue weighted by Gasteiger charge is -2.17. The van der Waals surface area contributed by atoms with Gasteiger partial charge in [-0.05, 0) is 31.7 Å². The molecule has 2 heterocycles. The summed E-state index contributed by atoms with van der Waals surface area (Å²) in [6, 6.07) is 14.9. The molecular formula is C18H21N3S. The maximum Gasteiger partial charge on any atom is 0.0951 e. The van der Waals surface area contributed by atoms with Crippen LogP contribution in [0.2, 0.25) is 0 Å². The summed E-state index contributed by atoms with van der Waals surface area (Å²) >= 11 is 1.87. The van der Waals surface area contributed by atoms with Gasteiger partial charge in [0.2, 0.25) is 0 Å². The summed E-state index contributed by atoms with van der Waals surface area (Å²) in [4.78, 5) is 9.44. The summed E-state index contributed by atoms with van der Waals surface area (Å²) < 4.78 is 2.23. The van der Waals surface area contributed by atoms with Crippen LogP contribution in [0.15, 0.2) is 55.0 Å². The molecule has 22 heavy (non-hydrogen) atoms. The van der Waals surface area contributed by atoms with Crippen LogP contribution < -0.4 is 0 Å². The molecule has 3 aromatic rings. The molecule has 114 valence electrons. The van der Waals surface area contributed by atoms with Gasteiger partial charge in [0.15, 0.2) is 0 Å². The summed E-state index contributed by atoms with van der Waals surface area (Å²) in [6.07, 6.45) is 3.89. The van der Waals surface area contributed by atoms with E-state index in [0.717, 1.165) is 19.6 Å². The quantitative estimate of drug-likeness (QED) is 0.687. The van der Waals surface area contributed by atoms with Crippen molar-refractivity contribution < 1.29 is 0 Å². The molecule has 2 aromatic heterocycles. The lowest BCUT2D eigenvalue weighted by atomic mass is 10.2. The Hall–Kier alpha value is -1.91. The highest BCUT2D eigenvalue weighted by Crippen LogP contribution is 2.17. The van der Waals surface area contributed by atoms with Crippen molar-refractivity contribution in [3.05, 3.63) is 76.0 Å². The first kappa shape index (κ1) is 15.0. The zero-order valence-corrected chi connectivity index (χ0v) is 13.9. The normalized spacial score (nSPS) is 11.2. The average molecular weight is 311 g/mol. The van der Waals surface area contributed by atoms with Crippen LogP contribution in [0.4, 0.5) is 0 Å². The topological polar surface area (TPSA) is 21.1 Å². The number of aromatic nitrogens is 2. The fourth-order valence-electron chi connectivity index (χ4n) is 2.57. The molecule has 0 spiro atoms. The van der Waals surface area contributed by atoms with Gasteiger partial charge in [0.05, 0.1) is 12.0 Å².